The van der Waals surface area contributed by atoms with Gasteiger partial charge in [0, 0.05) is 30.7 Å². The molecule has 1 aliphatic heterocycles. The molecule has 3 nitrogen and oxygen atoms in total. The van der Waals surface area contributed by atoms with Gasteiger partial charge in [-0.25, -0.2) is 4.98 Å². The summed E-state index contributed by atoms with van der Waals surface area (Å²) >= 11 is 1.96. The third-order valence-electron chi connectivity index (χ3n) is 3.40. The maximum absolute atomic E-state index is 4.15. The summed E-state index contributed by atoms with van der Waals surface area (Å²) < 4.78 is 2.07. The van der Waals surface area contributed by atoms with Gasteiger partial charge in [-0.15, -0.1) is 11.8 Å². The second-order valence-electron chi connectivity index (χ2n) is 4.60. The Morgan fingerprint density at radius 3 is 3.17 bits per heavy atom. The van der Waals surface area contributed by atoms with Gasteiger partial charge in [-0.3, -0.25) is 0 Å². The number of fused-ring (bicyclic) bond motifs is 1. The Balaban J connectivity index is 1.73. The molecule has 0 radical (unpaired) electrons. The largest absolute Gasteiger partial charge is 0.337 e. The van der Waals surface area contributed by atoms with Crippen molar-refractivity contribution in [1.29, 1.82) is 0 Å². The zero-order valence-corrected chi connectivity index (χ0v) is 11.3. The standard InChI is InChI=1S/C14H17N3S/c1-17-10-15-8-11(17)9-16-13-6-7-18-14-5-3-2-4-12(13)14/h2-5,8,10,13,16H,6-7,9H2,1H3/t13-/m1/s1. The highest BCUT2D eigenvalue weighted by atomic mass is 32.2. The van der Waals surface area contributed by atoms with Crippen LogP contribution in [0, 0.1) is 0 Å². The third-order valence-corrected chi connectivity index (χ3v) is 4.53. The molecule has 0 bridgehead atoms. The zero-order chi connectivity index (χ0) is 12.4. The van der Waals surface area contributed by atoms with E-state index in [1.165, 1.54) is 28.3 Å². The lowest BCUT2D eigenvalue weighted by molar-refractivity contribution is 0.500. The average Bonchev–Trinajstić information content (AvgIpc) is 2.82. The van der Waals surface area contributed by atoms with Gasteiger partial charge in [0.2, 0.25) is 0 Å². The summed E-state index contributed by atoms with van der Waals surface area (Å²) in [6.45, 7) is 0.875. The predicted molar refractivity (Wildman–Crippen MR) is 74.6 cm³/mol. The molecule has 0 saturated heterocycles. The number of rotatable bonds is 3. The number of benzene rings is 1. The lowest BCUT2D eigenvalue weighted by atomic mass is 10.0. The third kappa shape index (κ3) is 2.31. The molecule has 0 spiro atoms. The number of thioether (sulfide) groups is 1. The van der Waals surface area contributed by atoms with Crippen molar-refractivity contribution >= 4 is 11.8 Å². The van der Waals surface area contributed by atoms with Gasteiger partial charge in [-0.2, -0.15) is 0 Å². The number of hydrogen-bond donors (Lipinski definition) is 1. The fraction of sp³-hybridized carbons (Fsp3) is 0.357. The number of hydrogen-bond acceptors (Lipinski definition) is 3. The van der Waals surface area contributed by atoms with Gasteiger partial charge in [0.05, 0.1) is 12.0 Å². The highest BCUT2D eigenvalue weighted by Gasteiger charge is 2.19. The summed E-state index contributed by atoms with van der Waals surface area (Å²) in [4.78, 5) is 5.57. The molecule has 1 aliphatic rings. The molecule has 1 aromatic carbocycles. The molecule has 0 saturated carbocycles. The molecule has 0 aliphatic carbocycles. The molecule has 1 N–H and O–H groups in total. The van der Waals surface area contributed by atoms with E-state index in [0.29, 0.717) is 6.04 Å². The van der Waals surface area contributed by atoms with Gasteiger partial charge < -0.3 is 9.88 Å². The molecule has 2 heterocycles. The van der Waals surface area contributed by atoms with Crippen LogP contribution in [0.1, 0.15) is 23.7 Å². The van der Waals surface area contributed by atoms with Crippen molar-refractivity contribution in [2.24, 2.45) is 7.05 Å². The maximum atomic E-state index is 4.15. The van der Waals surface area contributed by atoms with E-state index >= 15 is 0 Å². The number of nitrogens with one attached hydrogen (secondary N) is 1. The van der Waals surface area contributed by atoms with Gasteiger partial charge in [-0.05, 0) is 23.8 Å². The molecular weight excluding hydrogens is 242 g/mol. The number of imidazole rings is 1. The highest BCUT2D eigenvalue weighted by molar-refractivity contribution is 7.99. The van der Waals surface area contributed by atoms with Crippen molar-refractivity contribution < 1.29 is 0 Å². The van der Waals surface area contributed by atoms with Gasteiger partial charge in [0.1, 0.15) is 0 Å². The van der Waals surface area contributed by atoms with Crippen LogP contribution in [0.5, 0.6) is 0 Å². The van der Waals surface area contributed by atoms with Crippen molar-refractivity contribution in [1.82, 2.24) is 14.9 Å². The Labute approximate surface area is 112 Å². The van der Waals surface area contributed by atoms with Crippen molar-refractivity contribution in [3.63, 3.8) is 0 Å². The molecule has 18 heavy (non-hydrogen) atoms. The monoisotopic (exact) mass is 259 g/mol. The van der Waals surface area contributed by atoms with Crippen LogP contribution in [-0.2, 0) is 13.6 Å². The Morgan fingerprint density at radius 2 is 2.33 bits per heavy atom. The molecule has 0 fully saturated rings. The van der Waals surface area contributed by atoms with E-state index in [2.05, 4.69) is 39.1 Å². The quantitative estimate of drug-likeness (QED) is 0.919. The van der Waals surface area contributed by atoms with Crippen LogP contribution < -0.4 is 5.32 Å². The van der Waals surface area contributed by atoms with E-state index in [0.717, 1.165) is 6.54 Å². The number of aryl methyl sites for hydroxylation is 1. The SMILES string of the molecule is Cn1cncc1CN[C@@H]1CCSc2ccccc21. The lowest BCUT2D eigenvalue weighted by Crippen LogP contribution is -2.25. The summed E-state index contributed by atoms with van der Waals surface area (Å²) in [6, 6.07) is 9.18. The molecular formula is C14H17N3S. The number of nitrogens with zero attached hydrogens (tertiary/aromatic N) is 2. The summed E-state index contributed by atoms with van der Waals surface area (Å²) in [7, 11) is 2.04. The van der Waals surface area contributed by atoms with Crippen LogP contribution in [-0.4, -0.2) is 15.3 Å². The Hall–Kier alpha value is -1.26. The van der Waals surface area contributed by atoms with Gasteiger partial charge in [0.15, 0.2) is 0 Å². The van der Waals surface area contributed by atoms with Gasteiger partial charge >= 0.3 is 0 Å². The van der Waals surface area contributed by atoms with Gasteiger partial charge in [-0.1, -0.05) is 18.2 Å². The molecule has 94 valence electrons. The van der Waals surface area contributed by atoms with E-state index < -0.39 is 0 Å². The fourth-order valence-corrected chi connectivity index (χ4v) is 3.46. The highest BCUT2D eigenvalue weighted by Crippen LogP contribution is 2.35. The van der Waals surface area contributed by atoms with E-state index in [1.54, 1.807) is 0 Å². The van der Waals surface area contributed by atoms with Crippen molar-refractivity contribution in [2.75, 3.05) is 5.75 Å². The molecule has 0 unspecified atom stereocenters. The van der Waals surface area contributed by atoms with E-state index in [-0.39, 0.29) is 0 Å². The molecule has 4 heteroatoms. The molecule has 2 aromatic rings. The van der Waals surface area contributed by atoms with Crippen LogP contribution in [0.4, 0.5) is 0 Å². The van der Waals surface area contributed by atoms with Crippen LogP contribution in [0.3, 0.4) is 0 Å². The second-order valence-corrected chi connectivity index (χ2v) is 5.74. The van der Waals surface area contributed by atoms with E-state index in [4.69, 9.17) is 0 Å². The molecule has 1 aromatic heterocycles. The Kier molecular flexibility index (Phi) is 3.39. The van der Waals surface area contributed by atoms with Crippen molar-refractivity contribution in [2.45, 2.75) is 23.9 Å². The second kappa shape index (κ2) is 5.16. The van der Waals surface area contributed by atoms with Gasteiger partial charge in [0.25, 0.3) is 0 Å². The summed E-state index contributed by atoms with van der Waals surface area (Å²) in [5.41, 5.74) is 2.67. The number of aromatic nitrogens is 2. The summed E-state index contributed by atoms with van der Waals surface area (Å²) in [6.07, 6.45) is 4.97. The van der Waals surface area contributed by atoms with Crippen LogP contribution in [0.15, 0.2) is 41.7 Å². The first-order chi connectivity index (χ1) is 8.84. The van der Waals surface area contributed by atoms with Crippen molar-refractivity contribution in [3.8, 4) is 0 Å². The molecule has 3 rings (SSSR count). The van der Waals surface area contributed by atoms with Crippen LogP contribution in [0.2, 0.25) is 0 Å². The molecule has 1 atom stereocenters. The topological polar surface area (TPSA) is 29.9 Å². The first-order valence-corrected chi connectivity index (χ1v) is 7.23. The Morgan fingerprint density at radius 1 is 1.44 bits per heavy atom. The normalized spacial score (nSPS) is 18.6. The minimum Gasteiger partial charge on any atom is -0.337 e. The van der Waals surface area contributed by atoms with Crippen LogP contribution >= 0.6 is 11.8 Å². The Bertz CT molecular complexity index is 535. The first kappa shape index (κ1) is 11.8. The lowest BCUT2D eigenvalue weighted by Gasteiger charge is -2.26. The van der Waals surface area contributed by atoms with E-state index in [1.807, 2.05) is 31.3 Å². The average molecular weight is 259 g/mol. The molecule has 0 amide bonds. The first-order valence-electron chi connectivity index (χ1n) is 6.25. The smallest absolute Gasteiger partial charge is 0.0945 e. The minimum atomic E-state index is 0.470. The maximum Gasteiger partial charge on any atom is 0.0945 e. The predicted octanol–water partition coefficient (Wildman–Crippen LogP) is 2.75. The minimum absolute atomic E-state index is 0.470. The zero-order valence-electron chi connectivity index (χ0n) is 10.5. The van der Waals surface area contributed by atoms with Crippen molar-refractivity contribution in [3.05, 3.63) is 48.0 Å². The van der Waals surface area contributed by atoms with Crippen LogP contribution in [0.25, 0.3) is 0 Å². The summed E-state index contributed by atoms with van der Waals surface area (Å²) in [5, 5.41) is 3.65. The summed E-state index contributed by atoms with van der Waals surface area (Å²) in [5.74, 6) is 1.19. The fourth-order valence-electron chi connectivity index (χ4n) is 2.34. The van der Waals surface area contributed by atoms with E-state index in [9.17, 15) is 0 Å².